The lowest BCUT2D eigenvalue weighted by Gasteiger charge is -2.22. The van der Waals surface area contributed by atoms with Crippen LogP contribution in [0.15, 0.2) is 29.3 Å². The van der Waals surface area contributed by atoms with E-state index in [2.05, 4.69) is 19.9 Å². The van der Waals surface area contributed by atoms with Gasteiger partial charge in [0.2, 0.25) is 0 Å². The fourth-order valence-corrected chi connectivity index (χ4v) is 3.57. The van der Waals surface area contributed by atoms with Crippen molar-refractivity contribution < 1.29 is 9.13 Å². The van der Waals surface area contributed by atoms with Gasteiger partial charge in [-0.2, -0.15) is 0 Å². The van der Waals surface area contributed by atoms with Crippen molar-refractivity contribution in [3.8, 4) is 11.5 Å². The number of aromatic amines is 1. The second kappa shape index (κ2) is 5.88. The maximum Gasteiger partial charge on any atom is 0.327 e. The molecule has 0 atom stereocenters. The third-order valence-corrected chi connectivity index (χ3v) is 4.83. The summed E-state index contributed by atoms with van der Waals surface area (Å²) in [5, 5.41) is 0. The molecule has 0 radical (unpaired) electrons. The van der Waals surface area contributed by atoms with Gasteiger partial charge in [0.25, 0.3) is 0 Å². The summed E-state index contributed by atoms with van der Waals surface area (Å²) in [5.41, 5.74) is 7.70. The van der Waals surface area contributed by atoms with E-state index in [-0.39, 0.29) is 23.4 Å². The first kappa shape index (κ1) is 15.9. The van der Waals surface area contributed by atoms with Crippen molar-refractivity contribution in [1.82, 2.24) is 28.9 Å². The monoisotopic (exact) mass is 369 g/mol. The Morgan fingerprint density at radius 3 is 2.89 bits per heavy atom. The van der Waals surface area contributed by atoms with Crippen molar-refractivity contribution in [3.63, 3.8) is 0 Å². The lowest BCUT2D eigenvalue weighted by molar-refractivity contribution is 0.0697. The molecular weight excluding hydrogens is 353 g/mol. The molecule has 27 heavy (non-hydrogen) atoms. The molecule has 138 valence electrons. The average molecular weight is 369 g/mol. The van der Waals surface area contributed by atoms with Gasteiger partial charge < -0.3 is 15.5 Å². The van der Waals surface area contributed by atoms with Crippen LogP contribution in [0.3, 0.4) is 0 Å². The highest BCUT2D eigenvalue weighted by Gasteiger charge is 2.23. The molecule has 1 saturated heterocycles. The highest BCUT2D eigenvalue weighted by Crippen LogP contribution is 2.27. The Hall–Kier alpha value is -3.27. The summed E-state index contributed by atoms with van der Waals surface area (Å²) < 4.78 is 22.2. The summed E-state index contributed by atoms with van der Waals surface area (Å²) in [6, 6.07) is 2.84. The minimum absolute atomic E-state index is 0.000254. The van der Waals surface area contributed by atoms with Crippen LogP contribution in [0.2, 0.25) is 0 Å². The maximum atomic E-state index is 13.7. The first-order valence-corrected chi connectivity index (χ1v) is 8.60. The van der Waals surface area contributed by atoms with Gasteiger partial charge in [0.1, 0.15) is 22.7 Å². The van der Waals surface area contributed by atoms with E-state index in [1.807, 2.05) is 0 Å². The van der Waals surface area contributed by atoms with E-state index in [4.69, 9.17) is 10.5 Å². The number of rotatable bonds is 2. The molecule has 0 bridgehead atoms. The Morgan fingerprint density at radius 2 is 2.07 bits per heavy atom. The predicted octanol–water partition coefficient (Wildman–Crippen LogP) is 1.51. The molecule has 10 heteroatoms. The number of nitrogens with one attached hydrogen (secondary N) is 1. The summed E-state index contributed by atoms with van der Waals surface area (Å²) in [4.78, 5) is 28.4. The fraction of sp³-hybridized carbons (Fsp3) is 0.294. The van der Waals surface area contributed by atoms with Crippen LogP contribution < -0.4 is 11.4 Å². The SMILES string of the molecule is Nc1nc2ccc(F)cn2c1-c1ncc2[nH]c(=O)n(C3CCOCC3)c2n1. The number of H-pyrrole nitrogens is 1. The fourth-order valence-electron chi connectivity index (χ4n) is 3.57. The van der Waals surface area contributed by atoms with Gasteiger partial charge >= 0.3 is 5.69 Å². The number of aromatic nitrogens is 6. The van der Waals surface area contributed by atoms with E-state index < -0.39 is 5.82 Å². The Bertz CT molecular complexity index is 1220. The number of ether oxygens (including phenoxy) is 1. The molecule has 0 aliphatic carbocycles. The summed E-state index contributed by atoms with van der Waals surface area (Å²) in [5.74, 6) is 0.0383. The van der Waals surface area contributed by atoms with E-state index >= 15 is 0 Å². The van der Waals surface area contributed by atoms with E-state index in [9.17, 15) is 9.18 Å². The summed E-state index contributed by atoms with van der Waals surface area (Å²) in [6.07, 6.45) is 4.28. The number of nitrogen functional groups attached to an aromatic ring is 1. The number of halogens is 1. The minimum atomic E-state index is -0.428. The molecule has 5 heterocycles. The van der Waals surface area contributed by atoms with Crippen molar-refractivity contribution in [1.29, 1.82) is 0 Å². The molecule has 5 rings (SSSR count). The number of fused-ring (bicyclic) bond motifs is 2. The molecule has 4 aromatic rings. The third kappa shape index (κ3) is 2.48. The Balaban J connectivity index is 1.72. The summed E-state index contributed by atoms with van der Waals surface area (Å²) in [7, 11) is 0. The Kier molecular flexibility index (Phi) is 3.47. The van der Waals surface area contributed by atoms with Crippen LogP contribution in [0.1, 0.15) is 18.9 Å². The van der Waals surface area contributed by atoms with Gasteiger partial charge in [-0.05, 0) is 25.0 Å². The number of imidazole rings is 2. The number of nitrogens with two attached hydrogens (primary N) is 1. The van der Waals surface area contributed by atoms with Gasteiger partial charge in [-0.3, -0.25) is 8.97 Å². The summed E-state index contributed by atoms with van der Waals surface area (Å²) >= 11 is 0. The molecule has 0 unspecified atom stereocenters. The lowest BCUT2D eigenvalue weighted by Crippen LogP contribution is -2.27. The first-order valence-electron chi connectivity index (χ1n) is 8.60. The molecule has 0 spiro atoms. The molecule has 3 N–H and O–H groups in total. The van der Waals surface area contributed by atoms with E-state index in [1.54, 1.807) is 4.57 Å². The van der Waals surface area contributed by atoms with Gasteiger partial charge in [-0.25, -0.2) is 24.1 Å². The smallest absolute Gasteiger partial charge is 0.327 e. The van der Waals surface area contributed by atoms with Gasteiger partial charge in [0.05, 0.1) is 6.20 Å². The van der Waals surface area contributed by atoms with Crippen molar-refractivity contribution in [2.75, 3.05) is 18.9 Å². The molecule has 9 nitrogen and oxygen atoms in total. The number of anilines is 1. The third-order valence-electron chi connectivity index (χ3n) is 4.83. The van der Waals surface area contributed by atoms with Crippen LogP contribution in [0.25, 0.3) is 28.3 Å². The topological polar surface area (TPSA) is 116 Å². The maximum absolute atomic E-state index is 13.7. The zero-order valence-corrected chi connectivity index (χ0v) is 14.2. The Morgan fingerprint density at radius 1 is 1.26 bits per heavy atom. The van der Waals surface area contributed by atoms with Crippen LogP contribution in [0.4, 0.5) is 10.2 Å². The number of hydrogen-bond donors (Lipinski definition) is 2. The molecular formula is C17H16FN7O2. The molecule has 4 aromatic heterocycles. The van der Waals surface area contributed by atoms with Crippen LogP contribution in [0.5, 0.6) is 0 Å². The Labute approximate surface area is 151 Å². The molecule has 1 aliphatic heterocycles. The van der Waals surface area contributed by atoms with E-state index in [0.717, 1.165) is 12.8 Å². The van der Waals surface area contributed by atoms with E-state index in [0.29, 0.717) is 35.7 Å². The average Bonchev–Trinajstić information content (AvgIpc) is 3.16. The van der Waals surface area contributed by atoms with Gasteiger partial charge in [0, 0.05) is 25.5 Å². The van der Waals surface area contributed by atoms with Crippen LogP contribution in [0, 0.1) is 5.82 Å². The van der Waals surface area contributed by atoms with Crippen LogP contribution in [-0.2, 0) is 4.74 Å². The zero-order chi connectivity index (χ0) is 18.5. The predicted molar refractivity (Wildman–Crippen MR) is 95.8 cm³/mol. The van der Waals surface area contributed by atoms with Gasteiger partial charge in [-0.1, -0.05) is 0 Å². The van der Waals surface area contributed by atoms with Crippen molar-refractivity contribution >= 4 is 22.6 Å². The molecule has 1 aliphatic rings. The van der Waals surface area contributed by atoms with Crippen LogP contribution in [-0.4, -0.2) is 42.1 Å². The second-order valence-electron chi connectivity index (χ2n) is 6.50. The highest BCUT2D eigenvalue weighted by molar-refractivity contribution is 5.76. The first-order chi connectivity index (χ1) is 13.1. The summed E-state index contributed by atoms with van der Waals surface area (Å²) in [6.45, 7) is 1.20. The van der Waals surface area contributed by atoms with Crippen molar-refractivity contribution in [3.05, 3.63) is 40.8 Å². The van der Waals surface area contributed by atoms with Crippen molar-refractivity contribution in [2.24, 2.45) is 0 Å². The second-order valence-corrected chi connectivity index (χ2v) is 6.50. The number of hydrogen-bond acceptors (Lipinski definition) is 6. The largest absolute Gasteiger partial charge is 0.382 e. The molecule has 0 saturated carbocycles. The molecule has 0 aromatic carbocycles. The quantitative estimate of drug-likeness (QED) is 0.553. The van der Waals surface area contributed by atoms with Gasteiger partial charge in [-0.15, -0.1) is 0 Å². The molecule has 0 amide bonds. The standard InChI is InChI=1S/C17H16FN7O2/c18-9-1-2-12-22-14(19)13(24(12)8-9)15-20-7-11-16(23-15)25(17(26)21-11)10-3-5-27-6-4-10/h1-2,7-8,10H,3-6,19H2,(H,21,26). The van der Waals surface area contributed by atoms with Gasteiger partial charge in [0.15, 0.2) is 17.3 Å². The zero-order valence-electron chi connectivity index (χ0n) is 14.2. The normalized spacial score (nSPS) is 15.7. The lowest BCUT2D eigenvalue weighted by atomic mass is 10.1. The number of pyridine rings is 1. The highest BCUT2D eigenvalue weighted by atomic mass is 19.1. The van der Waals surface area contributed by atoms with Crippen molar-refractivity contribution in [2.45, 2.75) is 18.9 Å². The minimum Gasteiger partial charge on any atom is -0.382 e. The van der Waals surface area contributed by atoms with Crippen LogP contribution >= 0.6 is 0 Å². The number of nitrogens with zero attached hydrogens (tertiary/aromatic N) is 5. The molecule has 1 fully saturated rings. The van der Waals surface area contributed by atoms with E-state index in [1.165, 1.54) is 28.9 Å².